The van der Waals surface area contributed by atoms with E-state index >= 15 is 0 Å². The Morgan fingerprint density at radius 1 is 1.14 bits per heavy atom. The molecule has 0 aliphatic rings. The average molecular weight is 299 g/mol. The molecule has 0 unspecified atom stereocenters. The summed E-state index contributed by atoms with van der Waals surface area (Å²) in [6, 6.07) is 15.4. The third kappa shape index (κ3) is 2.65. The molecule has 0 spiro atoms. The van der Waals surface area contributed by atoms with Crippen LogP contribution in [0.1, 0.15) is 15.9 Å². The van der Waals surface area contributed by atoms with E-state index in [0.717, 1.165) is 16.5 Å². The molecule has 1 heterocycles. The van der Waals surface area contributed by atoms with Crippen molar-refractivity contribution in [2.45, 2.75) is 6.54 Å². The molecule has 21 heavy (non-hydrogen) atoms. The van der Waals surface area contributed by atoms with Crippen molar-refractivity contribution in [2.75, 3.05) is 0 Å². The first-order valence-electron chi connectivity index (χ1n) is 6.72. The van der Waals surface area contributed by atoms with Gasteiger partial charge in [0.05, 0.1) is 5.56 Å². The van der Waals surface area contributed by atoms with Gasteiger partial charge in [-0.3, -0.25) is 4.79 Å². The summed E-state index contributed by atoms with van der Waals surface area (Å²) >= 11 is 6.10. The zero-order valence-electron chi connectivity index (χ0n) is 11.6. The van der Waals surface area contributed by atoms with Crippen LogP contribution in [0.5, 0.6) is 0 Å². The first kappa shape index (κ1) is 13.7. The highest BCUT2D eigenvalue weighted by Gasteiger charge is 2.13. The molecule has 106 valence electrons. The van der Waals surface area contributed by atoms with Crippen molar-refractivity contribution in [1.82, 2.24) is 9.88 Å². The molecule has 0 fully saturated rings. The minimum Gasteiger partial charge on any atom is -0.350 e. The summed E-state index contributed by atoms with van der Waals surface area (Å²) in [5.41, 5.74) is 2.63. The molecule has 0 bridgehead atoms. The van der Waals surface area contributed by atoms with Crippen molar-refractivity contribution >= 4 is 28.4 Å². The van der Waals surface area contributed by atoms with E-state index in [1.807, 2.05) is 66.3 Å². The fourth-order valence-electron chi connectivity index (χ4n) is 2.44. The predicted molar refractivity (Wildman–Crippen MR) is 85.5 cm³/mol. The second kappa shape index (κ2) is 5.62. The number of aromatic nitrogens is 1. The lowest BCUT2D eigenvalue weighted by Gasteiger charge is -2.06. The number of para-hydroxylation sites is 1. The second-order valence-corrected chi connectivity index (χ2v) is 5.35. The first-order chi connectivity index (χ1) is 10.2. The van der Waals surface area contributed by atoms with E-state index in [2.05, 4.69) is 5.32 Å². The van der Waals surface area contributed by atoms with Gasteiger partial charge < -0.3 is 9.88 Å². The van der Waals surface area contributed by atoms with Crippen molar-refractivity contribution in [2.24, 2.45) is 7.05 Å². The monoisotopic (exact) mass is 298 g/mol. The van der Waals surface area contributed by atoms with Gasteiger partial charge in [0.2, 0.25) is 0 Å². The summed E-state index contributed by atoms with van der Waals surface area (Å²) in [7, 11) is 1.94. The summed E-state index contributed by atoms with van der Waals surface area (Å²) in [6.45, 7) is 0.418. The molecule has 1 aromatic heterocycles. The van der Waals surface area contributed by atoms with Crippen LogP contribution in [0.15, 0.2) is 54.7 Å². The van der Waals surface area contributed by atoms with Crippen LogP contribution < -0.4 is 5.32 Å². The molecule has 4 heteroatoms. The number of carbonyl (C=O) groups excluding carboxylic acids is 1. The molecule has 3 aromatic rings. The number of rotatable bonds is 3. The van der Waals surface area contributed by atoms with Crippen molar-refractivity contribution < 1.29 is 4.79 Å². The first-order valence-corrected chi connectivity index (χ1v) is 7.10. The summed E-state index contributed by atoms with van der Waals surface area (Å²) in [5.74, 6) is -0.0910. The van der Waals surface area contributed by atoms with Crippen LogP contribution in [0.25, 0.3) is 10.9 Å². The third-order valence-electron chi connectivity index (χ3n) is 3.54. The van der Waals surface area contributed by atoms with Gasteiger partial charge in [0, 0.05) is 35.7 Å². The Kier molecular flexibility index (Phi) is 3.67. The highest BCUT2D eigenvalue weighted by molar-refractivity contribution is 6.31. The minimum absolute atomic E-state index is 0.0910. The summed E-state index contributed by atoms with van der Waals surface area (Å²) in [4.78, 5) is 12.4. The Labute approximate surface area is 128 Å². The molecule has 0 atom stereocenters. The van der Waals surface area contributed by atoms with Crippen LogP contribution in [0, 0.1) is 0 Å². The van der Waals surface area contributed by atoms with Crippen LogP contribution in [-0.4, -0.2) is 10.5 Å². The Bertz CT molecular complexity index is 807. The lowest BCUT2D eigenvalue weighted by Crippen LogP contribution is -2.22. The van der Waals surface area contributed by atoms with E-state index < -0.39 is 0 Å². The largest absolute Gasteiger partial charge is 0.350 e. The van der Waals surface area contributed by atoms with Crippen LogP contribution in [0.2, 0.25) is 5.02 Å². The van der Waals surface area contributed by atoms with Gasteiger partial charge in [-0.05, 0) is 17.7 Å². The number of carbonyl (C=O) groups is 1. The molecule has 0 saturated carbocycles. The number of halogens is 1. The Morgan fingerprint density at radius 3 is 2.67 bits per heavy atom. The molecule has 0 radical (unpaired) electrons. The Balaban J connectivity index is 1.83. The number of nitrogens with one attached hydrogen (secondary N) is 1. The van der Waals surface area contributed by atoms with Gasteiger partial charge >= 0.3 is 0 Å². The van der Waals surface area contributed by atoms with Gasteiger partial charge in [-0.25, -0.2) is 0 Å². The topological polar surface area (TPSA) is 34.0 Å². The lowest BCUT2D eigenvalue weighted by atomic mass is 10.1. The molecule has 0 aliphatic carbocycles. The van der Waals surface area contributed by atoms with Gasteiger partial charge in [0.15, 0.2) is 0 Å². The SMILES string of the molecule is Cn1cc(C(=O)NCc2ccccc2Cl)c2ccccc21. The number of fused-ring (bicyclic) bond motifs is 1. The zero-order valence-corrected chi connectivity index (χ0v) is 12.4. The minimum atomic E-state index is -0.0910. The maximum Gasteiger partial charge on any atom is 0.253 e. The molecule has 0 saturated heterocycles. The highest BCUT2D eigenvalue weighted by atomic mass is 35.5. The van der Waals surface area contributed by atoms with E-state index in [9.17, 15) is 4.79 Å². The molecule has 1 N–H and O–H groups in total. The molecule has 2 aromatic carbocycles. The van der Waals surface area contributed by atoms with E-state index in [1.165, 1.54) is 0 Å². The average Bonchev–Trinajstić information content (AvgIpc) is 2.84. The van der Waals surface area contributed by atoms with E-state index in [0.29, 0.717) is 17.1 Å². The molecule has 3 rings (SSSR count). The number of hydrogen-bond donors (Lipinski definition) is 1. The Morgan fingerprint density at radius 2 is 1.86 bits per heavy atom. The van der Waals surface area contributed by atoms with Crippen molar-refractivity contribution in [3.05, 3.63) is 70.9 Å². The lowest BCUT2D eigenvalue weighted by molar-refractivity contribution is 0.0952. The van der Waals surface area contributed by atoms with Crippen LogP contribution in [-0.2, 0) is 13.6 Å². The normalized spacial score (nSPS) is 10.8. The molecular formula is C17H15ClN2O. The molecule has 1 amide bonds. The van der Waals surface area contributed by atoms with Crippen molar-refractivity contribution in [3.8, 4) is 0 Å². The number of aryl methyl sites for hydroxylation is 1. The zero-order chi connectivity index (χ0) is 14.8. The molecular weight excluding hydrogens is 284 g/mol. The Hall–Kier alpha value is -2.26. The van der Waals surface area contributed by atoms with Crippen LogP contribution >= 0.6 is 11.6 Å². The fourth-order valence-corrected chi connectivity index (χ4v) is 2.64. The number of nitrogens with zero attached hydrogens (tertiary/aromatic N) is 1. The number of hydrogen-bond acceptors (Lipinski definition) is 1. The fraction of sp³-hybridized carbons (Fsp3) is 0.118. The standard InChI is InChI=1S/C17H15ClN2O/c1-20-11-14(13-7-3-5-9-16(13)20)17(21)19-10-12-6-2-4-8-15(12)18/h2-9,11H,10H2,1H3,(H,19,21). The van der Waals surface area contributed by atoms with Gasteiger partial charge in [0.1, 0.15) is 0 Å². The summed E-state index contributed by atoms with van der Waals surface area (Å²) in [6.07, 6.45) is 1.85. The number of benzene rings is 2. The van der Waals surface area contributed by atoms with Crippen LogP contribution in [0.4, 0.5) is 0 Å². The quantitative estimate of drug-likeness (QED) is 0.785. The molecule has 3 nitrogen and oxygen atoms in total. The van der Waals surface area contributed by atoms with Gasteiger partial charge in [-0.15, -0.1) is 0 Å². The summed E-state index contributed by atoms with van der Waals surface area (Å²) in [5, 5.41) is 4.54. The van der Waals surface area contributed by atoms with Gasteiger partial charge in [-0.2, -0.15) is 0 Å². The maximum atomic E-state index is 12.4. The van der Waals surface area contributed by atoms with Gasteiger partial charge in [-0.1, -0.05) is 48.0 Å². The third-order valence-corrected chi connectivity index (χ3v) is 3.91. The van der Waals surface area contributed by atoms with E-state index in [1.54, 1.807) is 0 Å². The summed E-state index contributed by atoms with van der Waals surface area (Å²) < 4.78 is 1.96. The number of amides is 1. The van der Waals surface area contributed by atoms with Crippen molar-refractivity contribution in [1.29, 1.82) is 0 Å². The highest BCUT2D eigenvalue weighted by Crippen LogP contribution is 2.20. The van der Waals surface area contributed by atoms with E-state index in [-0.39, 0.29) is 5.91 Å². The predicted octanol–water partition coefficient (Wildman–Crippen LogP) is 3.76. The second-order valence-electron chi connectivity index (χ2n) is 4.94. The van der Waals surface area contributed by atoms with Crippen LogP contribution in [0.3, 0.4) is 0 Å². The van der Waals surface area contributed by atoms with Crippen molar-refractivity contribution in [3.63, 3.8) is 0 Å². The smallest absolute Gasteiger partial charge is 0.253 e. The van der Waals surface area contributed by atoms with Gasteiger partial charge in [0.25, 0.3) is 5.91 Å². The van der Waals surface area contributed by atoms with E-state index in [4.69, 9.17) is 11.6 Å². The molecule has 0 aliphatic heterocycles. The maximum absolute atomic E-state index is 12.4.